The molecule has 0 aromatic heterocycles. The molecule has 3 aromatic rings. The molecule has 0 radical (unpaired) electrons. The Bertz CT molecular complexity index is 1280. The van der Waals surface area contributed by atoms with Crippen LogP contribution in [0.1, 0.15) is 55.7 Å². The first kappa shape index (κ1) is 26.9. The molecule has 2 unspecified atom stereocenters. The predicted octanol–water partition coefficient (Wildman–Crippen LogP) is 8.38. The predicted molar refractivity (Wildman–Crippen MR) is 134 cm³/mol. The van der Waals surface area contributed by atoms with Gasteiger partial charge >= 0.3 is 0 Å². The molecule has 3 aromatic carbocycles. The lowest BCUT2D eigenvalue weighted by molar-refractivity contribution is -0.00128. The first-order valence-electron chi connectivity index (χ1n) is 12.5. The van der Waals surface area contributed by atoms with Crippen LogP contribution < -0.4 is 4.74 Å². The first-order valence-corrected chi connectivity index (χ1v) is 12.5. The molecule has 1 aliphatic rings. The highest BCUT2D eigenvalue weighted by Crippen LogP contribution is 2.35. The van der Waals surface area contributed by atoms with Crippen molar-refractivity contribution in [1.29, 1.82) is 0 Å². The smallest absolute Gasteiger partial charge is 0.201 e. The van der Waals surface area contributed by atoms with Crippen molar-refractivity contribution in [3.8, 4) is 16.9 Å². The van der Waals surface area contributed by atoms with Gasteiger partial charge < -0.3 is 9.47 Å². The van der Waals surface area contributed by atoms with Crippen molar-refractivity contribution in [3.05, 3.63) is 94.3 Å². The molecule has 196 valence electrons. The molecule has 0 spiro atoms. The maximum absolute atomic E-state index is 14.9. The highest BCUT2D eigenvalue weighted by atomic mass is 19.2. The minimum Gasteiger partial charge on any atom is -0.491 e. The molecule has 0 bridgehead atoms. The number of hydrogen-bond donors (Lipinski definition) is 0. The zero-order valence-electron chi connectivity index (χ0n) is 20.8. The fourth-order valence-corrected chi connectivity index (χ4v) is 4.76. The van der Waals surface area contributed by atoms with Crippen LogP contribution in [0, 0.1) is 29.1 Å². The van der Waals surface area contributed by atoms with Gasteiger partial charge in [-0.3, -0.25) is 0 Å². The minimum atomic E-state index is -1.30. The summed E-state index contributed by atoms with van der Waals surface area (Å²) in [5.74, 6) is -5.48. The van der Waals surface area contributed by atoms with E-state index >= 15 is 0 Å². The zero-order chi connectivity index (χ0) is 26.5. The van der Waals surface area contributed by atoms with Crippen molar-refractivity contribution in [1.82, 2.24) is 0 Å². The lowest BCUT2D eigenvalue weighted by Crippen LogP contribution is -2.26. The van der Waals surface area contributed by atoms with Crippen molar-refractivity contribution in [2.75, 3.05) is 13.2 Å². The van der Waals surface area contributed by atoms with Gasteiger partial charge in [-0.15, -0.1) is 0 Å². The molecule has 2 atom stereocenters. The Morgan fingerprint density at radius 2 is 1.62 bits per heavy atom. The summed E-state index contributed by atoms with van der Waals surface area (Å²) in [4.78, 5) is 0. The topological polar surface area (TPSA) is 18.5 Å². The summed E-state index contributed by atoms with van der Waals surface area (Å²) < 4.78 is 83.9. The highest BCUT2D eigenvalue weighted by molar-refractivity contribution is 5.66. The van der Waals surface area contributed by atoms with Crippen LogP contribution in [0.4, 0.5) is 22.0 Å². The van der Waals surface area contributed by atoms with Gasteiger partial charge in [-0.25, -0.2) is 17.6 Å². The molecule has 1 aliphatic heterocycles. The Balaban J connectivity index is 1.39. The van der Waals surface area contributed by atoms with Gasteiger partial charge in [-0.2, -0.15) is 4.39 Å². The summed E-state index contributed by atoms with van der Waals surface area (Å²) in [5, 5.41) is 0. The number of ether oxygens (including phenoxy) is 2. The van der Waals surface area contributed by atoms with E-state index in [1.54, 1.807) is 13.0 Å². The van der Waals surface area contributed by atoms with Crippen LogP contribution in [0.5, 0.6) is 5.75 Å². The van der Waals surface area contributed by atoms with E-state index in [-0.39, 0.29) is 53.3 Å². The molecule has 0 amide bonds. The van der Waals surface area contributed by atoms with Crippen LogP contribution in [0.3, 0.4) is 0 Å². The van der Waals surface area contributed by atoms with Gasteiger partial charge in [0.2, 0.25) is 5.82 Å². The fraction of sp³-hybridized carbons (Fsp3) is 0.333. The molecular formula is C30H29F5O2. The average molecular weight is 517 g/mol. The van der Waals surface area contributed by atoms with Gasteiger partial charge in [0, 0.05) is 17.0 Å². The molecule has 7 heteroatoms. The minimum absolute atomic E-state index is 0.0613. The number of aryl methyl sites for hydroxylation is 1. The normalized spacial score (nSPS) is 17.9. The quantitative estimate of drug-likeness (QED) is 0.280. The van der Waals surface area contributed by atoms with Gasteiger partial charge in [-0.05, 0) is 74.4 Å². The third-order valence-corrected chi connectivity index (χ3v) is 6.73. The summed E-state index contributed by atoms with van der Waals surface area (Å²) in [5.41, 5.74) is 0.809. The Labute approximate surface area is 213 Å². The van der Waals surface area contributed by atoms with Crippen LogP contribution in [-0.2, 0) is 11.2 Å². The number of benzene rings is 3. The highest BCUT2D eigenvalue weighted by Gasteiger charge is 2.26. The van der Waals surface area contributed by atoms with Crippen LogP contribution in [0.15, 0.2) is 48.5 Å². The van der Waals surface area contributed by atoms with E-state index in [2.05, 4.69) is 0 Å². The molecule has 4 rings (SSSR count). The van der Waals surface area contributed by atoms with Gasteiger partial charge in [-0.1, -0.05) is 36.4 Å². The fourth-order valence-electron chi connectivity index (χ4n) is 4.76. The van der Waals surface area contributed by atoms with E-state index in [0.29, 0.717) is 25.0 Å². The summed E-state index contributed by atoms with van der Waals surface area (Å²) >= 11 is 0. The molecule has 0 saturated carbocycles. The standard InChI is InChI=1S/C30H29F5O2/c1-3-5-18-6-12-22(25(31)16-18)20-8-11-21(37-17-20)10-7-19-9-13-23(28(33)27(19)32)24-14-15-26(36-4-2)30(35)29(24)34/h3,5-6,9,12-16,20-21H,4,7-8,10-11,17H2,1-2H3. The van der Waals surface area contributed by atoms with Crippen LogP contribution in [0.25, 0.3) is 17.2 Å². The van der Waals surface area contributed by atoms with Crippen molar-refractivity contribution in [2.45, 2.75) is 51.6 Å². The maximum atomic E-state index is 14.9. The molecule has 0 N–H and O–H groups in total. The molecule has 37 heavy (non-hydrogen) atoms. The second-order valence-electron chi connectivity index (χ2n) is 9.12. The lowest BCUT2D eigenvalue weighted by Gasteiger charge is -2.29. The monoisotopic (exact) mass is 516 g/mol. The maximum Gasteiger partial charge on any atom is 0.201 e. The third-order valence-electron chi connectivity index (χ3n) is 6.73. The second-order valence-corrected chi connectivity index (χ2v) is 9.12. The van der Waals surface area contributed by atoms with Gasteiger partial charge in [0.05, 0.1) is 19.3 Å². The largest absolute Gasteiger partial charge is 0.491 e. The van der Waals surface area contributed by atoms with Crippen molar-refractivity contribution in [2.24, 2.45) is 0 Å². The number of halogens is 5. The molecule has 0 aliphatic carbocycles. The number of allylic oxidation sites excluding steroid dienone is 1. The molecule has 2 nitrogen and oxygen atoms in total. The van der Waals surface area contributed by atoms with E-state index in [4.69, 9.17) is 9.47 Å². The number of rotatable bonds is 8. The molecular weight excluding hydrogens is 487 g/mol. The van der Waals surface area contributed by atoms with Crippen LogP contribution in [0.2, 0.25) is 0 Å². The van der Waals surface area contributed by atoms with E-state index < -0.39 is 23.3 Å². The van der Waals surface area contributed by atoms with Crippen LogP contribution in [-0.4, -0.2) is 19.3 Å². The Hall–Kier alpha value is -3.19. The zero-order valence-corrected chi connectivity index (χ0v) is 20.8. The summed E-state index contributed by atoms with van der Waals surface area (Å²) in [6.45, 7) is 3.99. The SMILES string of the molecule is CC=Cc1ccc(C2CCC(CCc3ccc(-c4ccc(OCC)c(F)c4F)c(F)c3F)OC2)c(F)c1. The molecule has 1 saturated heterocycles. The molecule has 1 fully saturated rings. The lowest BCUT2D eigenvalue weighted by atomic mass is 9.89. The van der Waals surface area contributed by atoms with Crippen LogP contribution >= 0.6 is 0 Å². The Morgan fingerprint density at radius 3 is 2.27 bits per heavy atom. The van der Waals surface area contributed by atoms with Crippen molar-refractivity contribution in [3.63, 3.8) is 0 Å². The summed E-state index contributed by atoms with van der Waals surface area (Å²) in [6, 6.07) is 10.2. The third kappa shape index (κ3) is 5.87. The Morgan fingerprint density at radius 1 is 0.892 bits per heavy atom. The van der Waals surface area contributed by atoms with Crippen molar-refractivity contribution < 1.29 is 31.4 Å². The van der Waals surface area contributed by atoms with E-state index in [9.17, 15) is 22.0 Å². The van der Waals surface area contributed by atoms with Crippen molar-refractivity contribution >= 4 is 6.08 Å². The Kier molecular flexibility index (Phi) is 8.64. The van der Waals surface area contributed by atoms with E-state index in [0.717, 1.165) is 12.0 Å². The summed E-state index contributed by atoms with van der Waals surface area (Å²) in [6.07, 6.45) is 5.58. The van der Waals surface area contributed by atoms with E-state index in [1.165, 1.54) is 30.3 Å². The van der Waals surface area contributed by atoms with Gasteiger partial charge in [0.15, 0.2) is 23.2 Å². The second kappa shape index (κ2) is 11.9. The van der Waals surface area contributed by atoms with Gasteiger partial charge in [0.1, 0.15) is 5.82 Å². The number of hydrogen-bond acceptors (Lipinski definition) is 2. The van der Waals surface area contributed by atoms with Gasteiger partial charge in [0.25, 0.3) is 0 Å². The molecule has 1 heterocycles. The first-order chi connectivity index (χ1) is 17.8. The summed E-state index contributed by atoms with van der Waals surface area (Å²) in [7, 11) is 0. The van der Waals surface area contributed by atoms with E-state index in [1.807, 2.05) is 25.1 Å². The average Bonchev–Trinajstić information content (AvgIpc) is 2.89.